The molecule has 1 N–H and O–H groups in total. The van der Waals surface area contributed by atoms with Gasteiger partial charge in [-0.3, -0.25) is 19.8 Å². The van der Waals surface area contributed by atoms with Crippen LogP contribution in [0.25, 0.3) is 17.0 Å². The van der Waals surface area contributed by atoms with Crippen molar-refractivity contribution in [3.63, 3.8) is 0 Å². The predicted molar refractivity (Wildman–Crippen MR) is 132 cm³/mol. The summed E-state index contributed by atoms with van der Waals surface area (Å²) in [7, 11) is 0. The molecule has 0 spiro atoms. The smallest absolute Gasteiger partial charge is 0.331 e. The molecule has 0 radical (unpaired) electrons. The van der Waals surface area contributed by atoms with Gasteiger partial charge in [0.05, 0.1) is 19.4 Å². The summed E-state index contributed by atoms with van der Waals surface area (Å²) >= 11 is 3.46. The number of ether oxygens (including phenoxy) is 1. The largest absolute Gasteiger partial charge is 0.489 e. The Balaban J connectivity index is 1.45. The minimum atomic E-state index is -0.811. The molecule has 0 unspecified atom stereocenters. The maximum atomic E-state index is 13.9. The quantitative estimate of drug-likeness (QED) is 0.261. The van der Waals surface area contributed by atoms with Gasteiger partial charge in [-0.1, -0.05) is 28.1 Å². The van der Waals surface area contributed by atoms with Crippen molar-refractivity contribution in [3.05, 3.63) is 94.2 Å². The van der Waals surface area contributed by atoms with Crippen molar-refractivity contribution < 1.29 is 27.9 Å². The van der Waals surface area contributed by atoms with Gasteiger partial charge < -0.3 is 13.7 Å². The number of para-hydroxylation sites is 1. The number of hydrogen-bond acceptors (Lipinski definition) is 5. The number of furan rings is 1. The van der Waals surface area contributed by atoms with Gasteiger partial charge in [-0.2, -0.15) is 0 Å². The zero-order valence-electron chi connectivity index (χ0n) is 18.7. The van der Waals surface area contributed by atoms with Crippen molar-refractivity contribution in [2.45, 2.75) is 13.1 Å². The highest BCUT2D eigenvalue weighted by Crippen LogP contribution is 2.28. The number of carbonyl (C=O) groups excluding carboxylic acids is 3. The molecule has 4 amide bonds. The third kappa shape index (κ3) is 4.67. The molecule has 1 saturated heterocycles. The summed E-state index contributed by atoms with van der Waals surface area (Å²) in [6.45, 7) is 0.476. The lowest BCUT2D eigenvalue weighted by molar-refractivity contribution is -0.130. The van der Waals surface area contributed by atoms with Gasteiger partial charge in [0.15, 0.2) is 11.6 Å². The summed E-state index contributed by atoms with van der Waals surface area (Å²) in [5, 5.41) is 2.99. The number of carbonyl (C=O) groups is 3. The number of amides is 4. The fourth-order valence-corrected chi connectivity index (χ4v) is 4.33. The van der Waals surface area contributed by atoms with Gasteiger partial charge in [-0.05, 0) is 48.5 Å². The lowest BCUT2D eigenvalue weighted by Gasteiger charge is -2.25. The van der Waals surface area contributed by atoms with Crippen LogP contribution in [0.3, 0.4) is 0 Å². The minimum absolute atomic E-state index is 0.108. The second-order valence-electron chi connectivity index (χ2n) is 8.01. The lowest BCUT2D eigenvalue weighted by Crippen LogP contribution is -2.53. The molecule has 0 bridgehead atoms. The van der Waals surface area contributed by atoms with Crippen LogP contribution in [0.4, 0.5) is 9.18 Å². The molecule has 1 aliphatic rings. The number of nitrogens with one attached hydrogen (secondary N) is 1. The predicted octanol–water partition coefficient (Wildman–Crippen LogP) is 4.88. The van der Waals surface area contributed by atoms with Gasteiger partial charge in [0.1, 0.15) is 17.9 Å². The monoisotopic (exact) mass is 551 g/mol. The Hall–Kier alpha value is -4.18. The first-order valence-corrected chi connectivity index (χ1v) is 11.8. The van der Waals surface area contributed by atoms with Crippen molar-refractivity contribution in [3.8, 4) is 5.75 Å². The van der Waals surface area contributed by atoms with E-state index in [2.05, 4.69) is 21.2 Å². The molecule has 5 rings (SSSR count). The first kappa shape index (κ1) is 23.6. The lowest BCUT2D eigenvalue weighted by atomic mass is 10.1. The van der Waals surface area contributed by atoms with Crippen molar-refractivity contribution >= 4 is 50.8 Å². The Bertz CT molecular complexity index is 1510. The molecular weight excluding hydrogens is 533 g/mol. The molecule has 0 atom stereocenters. The molecule has 3 heterocycles. The number of halogens is 2. The average Bonchev–Trinajstić information content (AvgIpc) is 3.48. The van der Waals surface area contributed by atoms with Gasteiger partial charge >= 0.3 is 6.03 Å². The van der Waals surface area contributed by atoms with Crippen LogP contribution in [-0.2, 0) is 22.7 Å². The number of barbiturate groups is 1. The highest BCUT2D eigenvalue weighted by atomic mass is 79.9. The molecule has 4 aromatic rings. The molecule has 10 heteroatoms. The van der Waals surface area contributed by atoms with Gasteiger partial charge in [-0.15, -0.1) is 0 Å². The fraction of sp³-hybridized carbons (Fsp3) is 0.115. The van der Waals surface area contributed by atoms with Crippen LogP contribution in [-0.4, -0.2) is 33.9 Å². The summed E-state index contributed by atoms with van der Waals surface area (Å²) < 4.78 is 27.4. The summed E-state index contributed by atoms with van der Waals surface area (Å²) in [5.41, 5.74) is 1.25. The number of benzene rings is 2. The fourth-order valence-electron chi connectivity index (χ4n) is 3.96. The van der Waals surface area contributed by atoms with E-state index in [4.69, 9.17) is 9.15 Å². The highest BCUT2D eigenvalue weighted by molar-refractivity contribution is 9.10. The Morgan fingerprint density at radius 3 is 2.69 bits per heavy atom. The standard InChI is InChI=1S/C26H19BrFN3O5/c27-17-7-8-22-19(13-17)16(14-30(22)9-11-36-23-6-2-1-5-21(23)28)12-20-24(32)29-26(34)31(25(20)33)15-18-4-3-10-35-18/h1-8,10,12-14H,9,11,15H2,(H,29,32,34)/b20-12+. The molecular formula is C26H19BrFN3O5. The summed E-state index contributed by atoms with van der Waals surface area (Å²) in [6, 6.07) is 14.3. The third-order valence-corrected chi connectivity index (χ3v) is 6.17. The third-order valence-electron chi connectivity index (χ3n) is 5.68. The molecule has 1 fully saturated rings. The first-order chi connectivity index (χ1) is 17.4. The second kappa shape index (κ2) is 9.82. The van der Waals surface area contributed by atoms with Crippen LogP contribution in [0.2, 0.25) is 0 Å². The zero-order chi connectivity index (χ0) is 25.2. The van der Waals surface area contributed by atoms with Gasteiger partial charge in [0.2, 0.25) is 0 Å². The van der Waals surface area contributed by atoms with E-state index in [0.29, 0.717) is 17.9 Å². The number of imide groups is 2. The zero-order valence-corrected chi connectivity index (χ0v) is 20.3. The number of urea groups is 1. The van der Waals surface area contributed by atoms with Crippen LogP contribution in [0.15, 0.2) is 81.5 Å². The molecule has 0 saturated carbocycles. The molecule has 2 aromatic heterocycles. The maximum Gasteiger partial charge on any atom is 0.331 e. The van der Waals surface area contributed by atoms with Crippen LogP contribution in [0, 0.1) is 5.82 Å². The van der Waals surface area contributed by atoms with Crippen LogP contribution < -0.4 is 10.1 Å². The van der Waals surface area contributed by atoms with E-state index in [-0.39, 0.29) is 24.5 Å². The molecule has 182 valence electrons. The van der Waals surface area contributed by atoms with Gasteiger partial charge in [0.25, 0.3) is 11.8 Å². The number of fused-ring (bicyclic) bond motifs is 1. The SMILES string of the molecule is O=C1NC(=O)N(Cc2ccco2)C(=O)/C1=C/c1cn(CCOc2ccccc2F)c2ccc(Br)cc12. The normalized spacial score (nSPS) is 15.1. The van der Waals surface area contributed by atoms with E-state index in [0.717, 1.165) is 20.3 Å². The van der Waals surface area contributed by atoms with Crippen molar-refractivity contribution in [1.82, 2.24) is 14.8 Å². The van der Waals surface area contributed by atoms with E-state index >= 15 is 0 Å². The topological polar surface area (TPSA) is 93.8 Å². The van der Waals surface area contributed by atoms with E-state index in [1.807, 2.05) is 22.8 Å². The summed E-state index contributed by atoms with van der Waals surface area (Å²) in [5.74, 6) is -1.38. The van der Waals surface area contributed by atoms with E-state index in [1.54, 1.807) is 36.5 Å². The first-order valence-electron chi connectivity index (χ1n) is 11.0. The van der Waals surface area contributed by atoms with Gasteiger partial charge in [0, 0.05) is 27.1 Å². The molecule has 0 aliphatic carbocycles. The molecule has 2 aromatic carbocycles. The summed E-state index contributed by atoms with van der Waals surface area (Å²) in [4.78, 5) is 38.9. The van der Waals surface area contributed by atoms with Crippen LogP contribution in [0.5, 0.6) is 5.75 Å². The number of aromatic nitrogens is 1. The van der Waals surface area contributed by atoms with Crippen LogP contribution >= 0.6 is 15.9 Å². The molecule has 1 aliphatic heterocycles. The Labute approximate surface area is 213 Å². The van der Waals surface area contributed by atoms with Crippen molar-refractivity contribution in [2.24, 2.45) is 0 Å². The Kier molecular flexibility index (Phi) is 6.43. The summed E-state index contributed by atoms with van der Waals surface area (Å²) in [6.07, 6.45) is 4.68. The highest BCUT2D eigenvalue weighted by Gasteiger charge is 2.36. The Morgan fingerprint density at radius 1 is 1.08 bits per heavy atom. The maximum absolute atomic E-state index is 13.9. The van der Waals surface area contributed by atoms with Gasteiger partial charge in [-0.25, -0.2) is 9.18 Å². The molecule has 36 heavy (non-hydrogen) atoms. The van der Waals surface area contributed by atoms with E-state index in [9.17, 15) is 18.8 Å². The number of rotatable bonds is 7. The van der Waals surface area contributed by atoms with Crippen molar-refractivity contribution in [1.29, 1.82) is 0 Å². The second-order valence-corrected chi connectivity index (χ2v) is 8.92. The molecule has 8 nitrogen and oxygen atoms in total. The van der Waals surface area contributed by atoms with Crippen molar-refractivity contribution in [2.75, 3.05) is 6.61 Å². The average molecular weight is 552 g/mol. The van der Waals surface area contributed by atoms with E-state index in [1.165, 1.54) is 18.4 Å². The number of hydrogen-bond donors (Lipinski definition) is 1. The Morgan fingerprint density at radius 2 is 1.92 bits per heavy atom. The minimum Gasteiger partial charge on any atom is -0.489 e. The van der Waals surface area contributed by atoms with Crippen LogP contribution in [0.1, 0.15) is 11.3 Å². The van der Waals surface area contributed by atoms with E-state index < -0.39 is 23.7 Å². The number of nitrogens with zero attached hydrogens (tertiary/aromatic N) is 2.